The summed E-state index contributed by atoms with van der Waals surface area (Å²) in [6.07, 6.45) is 2.86. The largest absolute Gasteiger partial charge is 0.280 e. The van der Waals surface area contributed by atoms with Crippen LogP contribution in [0, 0.1) is 0 Å². The lowest BCUT2D eigenvalue weighted by Gasteiger charge is -2.20. The molecular formula is C19H23ClN2O4S2. The molecule has 0 heterocycles. The predicted molar refractivity (Wildman–Crippen MR) is 111 cm³/mol. The van der Waals surface area contributed by atoms with E-state index in [1.54, 1.807) is 26.0 Å². The zero-order valence-corrected chi connectivity index (χ0v) is 18.2. The second-order valence-corrected chi connectivity index (χ2v) is 10.6. The standard InChI is InChI=1S/C19H23ClN2O4S2/c1-3-22(4-2)28(25,26)19-13-16(9-11-18(19)20)21-27(23,24)17-10-8-14-6-5-7-15(14)12-17/h8-13,21H,3-7H2,1-2H3. The van der Waals surface area contributed by atoms with E-state index in [0.29, 0.717) is 13.1 Å². The number of halogens is 1. The summed E-state index contributed by atoms with van der Waals surface area (Å²) in [7, 11) is -7.66. The van der Waals surface area contributed by atoms with Gasteiger partial charge < -0.3 is 0 Å². The second-order valence-electron chi connectivity index (χ2n) is 6.62. The summed E-state index contributed by atoms with van der Waals surface area (Å²) in [6, 6.07) is 9.22. The molecule has 0 fully saturated rings. The molecule has 2 aromatic carbocycles. The Hall–Kier alpha value is -1.61. The van der Waals surface area contributed by atoms with Crippen molar-refractivity contribution in [1.29, 1.82) is 0 Å². The average Bonchev–Trinajstić information content (AvgIpc) is 3.11. The van der Waals surface area contributed by atoms with Crippen LogP contribution in [-0.2, 0) is 32.9 Å². The number of aryl methyl sites for hydroxylation is 2. The third-order valence-corrected chi connectivity index (χ3v) is 8.80. The minimum atomic E-state index is -3.84. The van der Waals surface area contributed by atoms with Gasteiger partial charge in [0, 0.05) is 13.1 Å². The molecule has 0 radical (unpaired) electrons. The first-order chi connectivity index (χ1) is 13.2. The van der Waals surface area contributed by atoms with Crippen molar-refractivity contribution in [2.75, 3.05) is 17.8 Å². The van der Waals surface area contributed by atoms with Gasteiger partial charge in [0.05, 0.1) is 15.6 Å². The number of hydrogen-bond acceptors (Lipinski definition) is 4. The highest BCUT2D eigenvalue weighted by atomic mass is 35.5. The lowest BCUT2D eigenvalue weighted by Crippen LogP contribution is -2.30. The van der Waals surface area contributed by atoms with Crippen LogP contribution in [0.3, 0.4) is 0 Å². The molecule has 2 aromatic rings. The van der Waals surface area contributed by atoms with Crippen molar-refractivity contribution in [1.82, 2.24) is 4.31 Å². The van der Waals surface area contributed by atoms with Gasteiger partial charge in [-0.1, -0.05) is 31.5 Å². The van der Waals surface area contributed by atoms with Crippen LogP contribution in [0.25, 0.3) is 0 Å². The van der Waals surface area contributed by atoms with E-state index in [-0.39, 0.29) is 20.5 Å². The molecule has 1 aliphatic carbocycles. The monoisotopic (exact) mass is 442 g/mol. The lowest BCUT2D eigenvalue weighted by molar-refractivity contribution is 0.445. The van der Waals surface area contributed by atoms with Crippen molar-refractivity contribution in [2.24, 2.45) is 0 Å². The molecule has 0 atom stereocenters. The van der Waals surface area contributed by atoms with Crippen molar-refractivity contribution in [3.63, 3.8) is 0 Å². The number of benzene rings is 2. The van der Waals surface area contributed by atoms with Gasteiger partial charge in [-0.3, -0.25) is 4.72 Å². The maximum absolute atomic E-state index is 12.8. The zero-order chi connectivity index (χ0) is 20.5. The first kappa shape index (κ1) is 21.1. The molecule has 3 rings (SSSR count). The molecule has 0 bridgehead atoms. The summed E-state index contributed by atoms with van der Waals surface area (Å²) in [5, 5.41) is 0.0485. The smallest absolute Gasteiger partial charge is 0.261 e. The van der Waals surface area contributed by atoms with Gasteiger partial charge in [0.15, 0.2) is 0 Å². The van der Waals surface area contributed by atoms with Gasteiger partial charge >= 0.3 is 0 Å². The fraction of sp³-hybridized carbons (Fsp3) is 0.368. The Morgan fingerprint density at radius 1 is 0.964 bits per heavy atom. The van der Waals surface area contributed by atoms with Crippen molar-refractivity contribution < 1.29 is 16.8 Å². The van der Waals surface area contributed by atoms with Crippen LogP contribution in [0.15, 0.2) is 46.2 Å². The van der Waals surface area contributed by atoms with Crippen molar-refractivity contribution in [3.8, 4) is 0 Å². The molecule has 1 N–H and O–H groups in total. The summed E-state index contributed by atoms with van der Waals surface area (Å²) < 4.78 is 54.9. The second kappa shape index (κ2) is 8.02. The maximum atomic E-state index is 12.8. The van der Waals surface area contributed by atoms with E-state index in [1.165, 1.54) is 28.1 Å². The third-order valence-electron chi connectivity index (χ3n) is 4.89. The topological polar surface area (TPSA) is 83.6 Å². The summed E-state index contributed by atoms with van der Waals surface area (Å²) >= 11 is 6.11. The molecule has 0 saturated carbocycles. The quantitative estimate of drug-likeness (QED) is 0.709. The molecule has 1 aliphatic rings. The molecule has 0 saturated heterocycles. The minimum absolute atomic E-state index is 0.0485. The number of sulfonamides is 2. The molecule has 152 valence electrons. The highest BCUT2D eigenvalue weighted by molar-refractivity contribution is 7.92. The highest BCUT2D eigenvalue weighted by Crippen LogP contribution is 2.30. The van der Waals surface area contributed by atoms with Gasteiger partial charge in [-0.2, -0.15) is 4.31 Å². The summed E-state index contributed by atoms with van der Waals surface area (Å²) in [5.74, 6) is 0. The Kier molecular flexibility index (Phi) is 6.05. The number of nitrogens with one attached hydrogen (secondary N) is 1. The van der Waals surface area contributed by atoms with Gasteiger partial charge in [0.1, 0.15) is 4.90 Å². The van der Waals surface area contributed by atoms with Crippen molar-refractivity contribution in [2.45, 2.75) is 42.9 Å². The summed E-state index contributed by atoms with van der Waals surface area (Å²) in [6.45, 7) is 4.05. The molecule has 0 amide bonds. The van der Waals surface area contributed by atoms with E-state index < -0.39 is 20.0 Å². The normalized spacial score (nSPS) is 14.3. The van der Waals surface area contributed by atoms with Crippen LogP contribution in [0.1, 0.15) is 31.4 Å². The fourth-order valence-electron chi connectivity index (χ4n) is 3.40. The predicted octanol–water partition coefficient (Wildman–Crippen LogP) is 3.66. The number of hydrogen-bond donors (Lipinski definition) is 1. The van der Waals surface area contributed by atoms with Crippen LogP contribution < -0.4 is 4.72 Å². The van der Waals surface area contributed by atoms with E-state index in [9.17, 15) is 16.8 Å². The van der Waals surface area contributed by atoms with Crippen LogP contribution in [0.2, 0.25) is 5.02 Å². The van der Waals surface area contributed by atoms with E-state index >= 15 is 0 Å². The average molecular weight is 443 g/mol. The Balaban J connectivity index is 1.95. The van der Waals surface area contributed by atoms with E-state index in [4.69, 9.17) is 11.6 Å². The van der Waals surface area contributed by atoms with Gasteiger partial charge in [-0.05, 0) is 60.7 Å². The number of rotatable bonds is 7. The van der Waals surface area contributed by atoms with Gasteiger partial charge in [0.2, 0.25) is 10.0 Å². The van der Waals surface area contributed by atoms with E-state index in [1.807, 2.05) is 6.07 Å². The molecule has 28 heavy (non-hydrogen) atoms. The van der Waals surface area contributed by atoms with Gasteiger partial charge in [-0.25, -0.2) is 16.8 Å². The summed E-state index contributed by atoms with van der Waals surface area (Å²) in [4.78, 5) is 0.0447. The Bertz CT molecular complexity index is 1090. The lowest BCUT2D eigenvalue weighted by atomic mass is 10.1. The van der Waals surface area contributed by atoms with Crippen molar-refractivity contribution in [3.05, 3.63) is 52.5 Å². The first-order valence-corrected chi connectivity index (χ1v) is 12.4. The van der Waals surface area contributed by atoms with Crippen LogP contribution in [0.4, 0.5) is 5.69 Å². The van der Waals surface area contributed by atoms with E-state index in [2.05, 4.69) is 4.72 Å². The van der Waals surface area contributed by atoms with Gasteiger partial charge in [-0.15, -0.1) is 0 Å². The molecule has 6 nitrogen and oxygen atoms in total. The Morgan fingerprint density at radius 3 is 2.32 bits per heavy atom. The highest BCUT2D eigenvalue weighted by Gasteiger charge is 2.26. The third kappa shape index (κ3) is 4.05. The first-order valence-electron chi connectivity index (χ1n) is 9.13. The molecular weight excluding hydrogens is 420 g/mol. The molecule has 0 spiro atoms. The Morgan fingerprint density at radius 2 is 1.64 bits per heavy atom. The van der Waals surface area contributed by atoms with Gasteiger partial charge in [0.25, 0.3) is 10.0 Å². The van der Waals surface area contributed by atoms with E-state index in [0.717, 1.165) is 24.8 Å². The zero-order valence-electron chi connectivity index (χ0n) is 15.8. The molecule has 9 heteroatoms. The van der Waals surface area contributed by atoms with Crippen molar-refractivity contribution >= 4 is 37.3 Å². The molecule has 0 unspecified atom stereocenters. The SMILES string of the molecule is CCN(CC)S(=O)(=O)c1cc(NS(=O)(=O)c2ccc3c(c2)CCC3)ccc1Cl. The van der Waals surface area contributed by atoms with Crippen LogP contribution in [0.5, 0.6) is 0 Å². The number of anilines is 1. The number of nitrogens with zero attached hydrogens (tertiary/aromatic N) is 1. The molecule has 0 aliphatic heterocycles. The summed E-state index contributed by atoms with van der Waals surface area (Å²) in [5.41, 5.74) is 2.37. The van der Waals surface area contributed by atoms with Crippen LogP contribution >= 0.6 is 11.6 Å². The fourth-order valence-corrected chi connectivity index (χ4v) is 6.45. The molecule has 0 aromatic heterocycles. The maximum Gasteiger partial charge on any atom is 0.261 e. The van der Waals surface area contributed by atoms with Crippen LogP contribution in [-0.4, -0.2) is 34.2 Å². The Labute approximate surface area is 171 Å². The minimum Gasteiger partial charge on any atom is -0.280 e. The number of fused-ring (bicyclic) bond motifs is 1.